The van der Waals surface area contributed by atoms with E-state index in [9.17, 15) is 9.59 Å². The summed E-state index contributed by atoms with van der Waals surface area (Å²) in [6.07, 6.45) is 5.29. The van der Waals surface area contributed by atoms with Gasteiger partial charge in [0.15, 0.2) is 0 Å². The van der Waals surface area contributed by atoms with Crippen molar-refractivity contribution < 1.29 is 14.7 Å². The smallest absolute Gasteiger partial charge is 0.317 e. The van der Waals surface area contributed by atoms with Gasteiger partial charge in [-0.1, -0.05) is 20.3 Å². The quantitative estimate of drug-likeness (QED) is 0.835. The van der Waals surface area contributed by atoms with Gasteiger partial charge in [-0.3, -0.25) is 4.79 Å². The number of carboxylic acid groups (broad SMARTS) is 1. The van der Waals surface area contributed by atoms with Crippen molar-refractivity contribution in [2.24, 2.45) is 11.3 Å². The molecule has 0 radical (unpaired) electrons. The molecule has 2 amide bonds. The average molecular weight is 282 g/mol. The van der Waals surface area contributed by atoms with Crippen molar-refractivity contribution in [3.63, 3.8) is 0 Å². The van der Waals surface area contributed by atoms with E-state index in [0.29, 0.717) is 18.3 Å². The largest absolute Gasteiger partial charge is 0.481 e. The molecule has 5 nitrogen and oxygen atoms in total. The molecular weight excluding hydrogens is 256 g/mol. The molecule has 20 heavy (non-hydrogen) atoms. The molecular formula is C15H26N2O3. The van der Waals surface area contributed by atoms with Crippen LogP contribution < -0.4 is 5.32 Å². The number of piperidine rings is 1. The summed E-state index contributed by atoms with van der Waals surface area (Å²) in [6, 6.07) is 0.0160. The molecule has 2 N–H and O–H groups in total. The number of nitrogens with zero attached hydrogens (tertiary/aromatic N) is 1. The first-order valence-corrected chi connectivity index (χ1v) is 7.72. The van der Waals surface area contributed by atoms with Gasteiger partial charge in [0.1, 0.15) is 0 Å². The number of rotatable bonds is 3. The number of carboxylic acids is 1. The summed E-state index contributed by atoms with van der Waals surface area (Å²) in [5, 5.41) is 12.0. The third kappa shape index (κ3) is 3.44. The number of aliphatic carboxylic acids is 1. The predicted molar refractivity (Wildman–Crippen MR) is 76.5 cm³/mol. The van der Waals surface area contributed by atoms with E-state index >= 15 is 0 Å². The second kappa shape index (κ2) is 6.02. The normalized spacial score (nSPS) is 29.2. The highest BCUT2D eigenvalue weighted by Crippen LogP contribution is 2.34. The van der Waals surface area contributed by atoms with Crippen molar-refractivity contribution in [3.05, 3.63) is 0 Å². The molecule has 2 atom stereocenters. The molecule has 0 aromatic heterocycles. The number of hydrogen-bond donors (Lipinski definition) is 2. The first kappa shape index (κ1) is 15.1. The Morgan fingerprint density at radius 2 is 1.95 bits per heavy atom. The second-order valence-electron chi connectivity index (χ2n) is 6.65. The fraction of sp³-hybridized carbons (Fsp3) is 0.867. The summed E-state index contributed by atoms with van der Waals surface area (Å²) in [7, 11) is 0. The summed E-state index contributed by atoms with van der Waals surface area (Å²) < 4.78 is 0. The molecule has 0 spiro atoms. The summed E-state index contributed by atoms with van der Waals surface area (Å²) in [6.45, 7) is 6.12. The lowest BCUT2D eigenvalue weighted by Gasteiger charge is -2.39. The first-order chi connectivity index (χ1) is 9.43. The Bertz CT molecular complexity index is 375. The van der Waals surface area contributed by atoms with Crippen LogP contribution in [0.2, 0.25) is 0 Å². The molecule has 0 aromatic carbocycles. The molecule has 0 bridgehead atoms. The van der Waals surface area contributed by atoms with E-state index in [0.717, 1.165) is 38.8 Å². The van der Waals surface area contributed by atoms with Gasteiger partial charge in [-0.2, -0.15) is 0 Å². The summed E-state index contributed by atoms with van der Waals surface area (Å²) in [4.78, 5) is 25.0. The molecule has 1 saturated heterocycles. The molecule has 5 heteroatoms. The molecule has 114 valence electrons. The average Bonchev–Trinajstić information content (AvgIpc) is 2.88. The summed E-state index contributed by atoms with van der Waals surface area (Å²) in [5.41, 5.74) is 0.374. The third-order valence-corrected chi connectivity index (χ3v) is 5.22. The highest BCUT2D eigenvalue weighted by atomic mass is 16.4. The molecule has 1 saturated carbocycles. The van der Waals surface area contributed by atoms with E-state index in [1.54, 1.807) is 0 Å². The van der Waals surface area contributed by atoms with Crippen LogP contribution in [0.3, 0.4) is 0 Å². The topological polar surface area (TPSA) is 69.6 Å². The minimum Gasteiger partial charge on any atom is -0.481 e. The number of carbonyl (C=O) groups is 2. The Labute approximate surface area is 120 Å². The Morgan fingerprint density at radius 3 is 2.45 bits per heavy atom. The van der Waals surface area contributed by atoms with Crippen LogP contribution in [-0.2, 0) is 4.79 Å². The zero-order chi connectivity index (χ0) is 14.8. The van der Waals surface area contributed by atoms with Crippen LogP contribution in [-0.4, -0.2) is 41.1 Å². The van der Waals surface area contributed by atoms with Crippen LogP contribution in [0.15, 0.2) is 0 Å². The molecule has 1 aliphatic carbocycles. The van der Waals surface area contributed by atoms with Gasteiger partial charge in [0.05, 0.1) is 5.92 Å². The summed E-state index contributed by atoms with van der Waals surface area (Å²) in [5.74, 6) is -1.02. The monoisotopic (exact) mass is 282 g/mol. The number of urea groups is 1. The van der Waals surface area contributed by atoms with E-state index in [1.165, 1.54) is 0 Å². The van der Waals surface area contributed by atoms with E-state index in [-0.39, 0.29) is 18.0 Å². The van der Waals surface area contributed by atoms with Crippen LogP contribution in [0, 0.1) is 11.3 Å². The number of likely N-dealkylation sites (tertiary alicyclic amines) is 1. The van der Waals surface area contributed by atoms with Gasteiger partial charge in [0.2, 0.25) is 0 Å². The van der Waals surface area contributed by atoms with Crippen molar-refractivity contribution in [1.29, 1.82) is 0 Å². The minimum atomic E-state index is -0.738. The third-order valence-electron chi connectivity index (χ3n) is 5.22. The SMILES string of the molecule is CCC1(C)CCN(C(=O)N[C@H]2CC[C@@H](C(=O)O)C2)CC1. The van der Waals surface area contributed by atoms with Crippen LogP contribution in [0.1, 0.15) is 52.4 Å². The van der Waals surface area contributed by atoms with E-state index in [4.69, 9.17) is 5.11 Å². The lowest BCUT2D eigenvalue weighted by molar-refractivity contribution is -0.141. The van der Waals surface area contributed by atoms with E-state index in [1.807, 2.05) is 4.90 Å². The first-order valence-electron chi connectivity index (χ1n) is 7.72. The number of hydrogen-bond acceptors (Lipinski definition) is 2. The van der Waals surface area contributed by atoms with Gasteiger partial charge in [0, 0.05) is 19.1 Å². The summed E-state index contributed by atoms with van der Waals surface area (Å²) >= 11 is 0. The van der Waals surface area contributed by atoms with Crippen molar-refractivity contribution in [2.45, 2.75) is 58.4 Å². The minimum absolute atomic E-state index is 0.0146. The highest BCUT2D eigenvalue weighted by molar-refractivity contribution is 5.75. The van der Waals surface area contributed by atoms with Gasteiger partial charge in [0.25, 0.3) is 0 Å². The van der Waals surface area contributed by atoms with Crippen molar-refractivity contribution in [2.75, 3.05) is 13.1 Å². The van der Waals surface area contributed by atoms with Crippen LogP contribution in [0.5, 0.6) is 0 Å². The Hall–Kier alpha value is -1.26. The highest BCUT2D eigenvalue weighted by Gasteiger charge is 2.34. The molecule has 1 heterocycles. The maximum atomic E-state index is 12.2. The van der Waals surface area contributed by atoms with E-state index in [2.05, 4.69) is 19.2 Å². The lowest BCUT2D eigenvalue weighted by atomic mass is 9.78. The van der Waals surface area contributed by atoms with Crippen LogP contribution in [0.25, 0.3) is 0 Å². The molecule has 0 unspecified atom stereocenters. The number of carbonyl (C=O) groups excluding carboxylic acids is 1. The van der Waals surface area contributed by atoms with Crippen molar-refractivity contribution in [1.82, 2.24) is 10.2 Å². The van der Waals surface area contributed by atoms with Gasteiger partial charge in [-0.15, -0.1) is 0 Å². The Kier molecular flexibility index (Phi) is 4.55. The zero-order valence-electron chi connectivity index (χ0n) is 12.5. The van der Waals surface area contributed by atoms with Crippen molar-refractivity contribution in [3.8, 4) is 0 Å². The molecule has 2 aliphatic rings. The Morgan fingerprint density at radius 1 is 1.30 bits per heavy atom. The molecule has 2 rings (SSSR count). The van der Waals surface area contributed by atoms with E-state index < -0.39 is 5.97 Å². The van der Waals surface area contributed by atoms with Crippen molar-refractivity contribution >= 4 is 12.0 Å². The standard InChI is InChI=1S/C15H26N2O3/c1-3-15(2)6-8-17(9-7-15)14(20)16-12-5-4-11(10-12)13(18)19/h11-12H,3-10H2,1-2H3,(H,16,20)(H,18,19)/t11-,12+/m1/s1. The van der Waals surface area contributed by atoms with Gasteiger partial charge >= 0.3 is 12.0 Å². The fourth-order valence-corrected chi connectivity index (χ4v) is 3.21. The Balaban J connectivity index is 1.78. The molecule has 1 aliphatic heterocycles. The fourth-order valence-electron chi connectivity index (χ4n) is 3.21. The predicted octanol–water partition coefficient (Wildman–Crippen LogP) is 2.46. The lowest BCUT2D eigenvalue weighted by Crippen LogP contribution is -2.49. The van der Waals surface area contributed by atoms with Gasteiger partial charge in [-0.25, -0.2) is 4.79 Å². The van der Waals surface area contributed by atoms with Crippen LogP contribution in [0.4, 0.5) is 4.79 Å². The van der Waals surface area contributed by atoms with Crippen LogP contribution >= 0.6 is 0 Å². The van der Waals surface area contributed by atoms with Gasteiger partial charge in [-0.05, 0) is 37.5 Å². The maximum absolute atomic E-state index is 12.2. The molecule has 0 aromatic rings. The number of amides is 2. The van der Waals surface area contributed by atoms with Gasteiger partial charge < -0.3 is 15.3 Å². The molecule has 2 fully saturated rings. The number of nitrogens with one attached hydrogen (secondary N) is 1. The second-order valence-corrected chi connectivity index (χ2v) is 6.65. The zero-order valence-corrected chi connectivity index (χ0v) is 12.5. The maximum Gasteiger partial charge on any atom is 0.317 e.